The van der Waals surface area contributed by atoms with Crippen molar-refractivity contribution in [1.82, 2.24) is 14.5 Å². The van der Waals surface area contributed by atoms with E-state index in [1.54, 1.807) is 37.6 Å². The summed E-state index contributed by atoms with van der Waals surface area (Å²) in [5, 5.41) is 13.8. The average molecular weight is 519 g/mol. The molecule has 3 aromatic rings. The van der Waals surface area contributed by atoms with E-state index in [0.717, 1.165) is 64.8 Å². The molecule has 3 aliphatic rings. The summed E-state index contributed by atoms with van der Waals surface area (Å²) in [6, 6.07) is 24.1. The molecule has 1 aliphatic heterocycles. The minimum Gasteiger partial charge on any atom is -0.381 e. The smallest absolute Gasteiger partial charge is 0.148 e. The van der Waals surface area contributed by atoms with Gasteiger partial charge >= 0.3 is 0 Å². The van der Waals surface area contributed by atoms with Crippen LogP contribution in [0.4, 0.5) is 15.9 Å². The first-order chi connectivity index (χ1) is 19.1. The van der Waals surface area contributed by atoms with Crippen molar-refractivity contribution in [3.05, 3.63) is 95.7 Å². The minimum absolute atomic E-state index is 0.140. The summed E-state index contributed by atoms with van der Waals surface area (Å²) in [5.74, 6) is 0.172. The van der Waals surface area contributed by atoms with Gasteiger partial charge in [0.1, 0.15) is 17.7 Å². The number of hydrogen-bond donors (Lipinski definition) is 1. The third-order valence-electron chi connectivity index (χ3n) is 7.26. The standard InChI is InChI=1S/C31H27FN6O/c1-39-24-14-10-22(11-15-24)35-27-18-30-28(17-26(27)37-31-20(19-33)5-4-16-34-31)36-25-6-2-3-7-29(25)38(30)23-12-8-21(32)9-13-23/h2-9,12-13,16-18,22,24H,10-11,14-15H2,1H3,(H,34,37). The van der Waals surface area contributed by atoms with Crippen LogP contribution in [0.25, 0.3) is 28.1 Å². The van der Waals surface area contributed by atoms with Gasteiger partial charge in [-0.05, 0) is 86.3 Å². The number of rotatable bonds is 5. The van der Waals surface area contributed by atoms with Gasteiger partial charge in [-0.1, -0.05) is 12.1 Å². The number of nitriles is 1. The van der Waals surface area contributed by atoms with Gasteiger partial charge in [0.15, 0.2) is 0 Å². The predicted molar refractivity (Wildman–Crippen MR) is 149 cm³/mol. The molecule has 0 atom stereocenters. The van der Waals surface area contributed by atoms with Gasteiger partial charge in [0, 0.05) is 19.0 Å². The number of pyridine rings is 1. The Labute approximate surface area is 225 Å². The van der Waals surface area contributed by atoms with Crippen LogP contribution >= 0.6 is 0 Å². The van der Waals surface area contributed by atoms with Crippen LogP contribution in [0.15, 0.2) is 84.0 Å². The Morgan fingerprint density at radius 2 is 1.82 bits per heavy atom. The lowest BCUT2D eigenvalue weighted by Gasteiger charge is -2.25. The zero-order chi connectivity index (χ0) is 26.8. The molecule has 0 spiro atoms. The fourth-order valence-corrected chi connectivity index (χ4v) is 5.25. The second-order valence-electron chi connectivity index (χ2n) is 9.70. The van der Waals surface area contributed by atoms with Crippen molar-refractivity contribution >= 4 is 22.5 Å². The second kappa shape index (κ2) is 10.6. The molecule has 0 amide bonds. The Kier molecular flexibility index (Phi) is 6.74. The number of nitrogens with zero attached hydrogens (tertiary/aromatic N) is 5. The van der Waals surface area contributed by atoms with Crippen molar-refractivity contribution in [2.45, 2.75) is 37.8 Å². The Balaban J connectivity index is 1.59. The maximum atomic E-state index is 13.8. The molecule has 1 fully saturated rings. The first kappa shape index (κ1) is 24.7. The van der Waals surface area contributed by atoms with Crippen molar-refractivity contribution in [3.63, 3.8) is 0 Å². The molecule has 39 heavy (non-hydrogen) atoms. The SMILES string of the molecule is COC1CCC(N=c2cc3n(-c4ccc(F)cc4)c4ccccc4nc-3cc2Nc2ncccc2C#N)CC1. The Morgan fingerprint density at radius 1 is 1.03 bits per heavy atom. The van der Waals surface area contributed by atoms with Crippen LogP contribution in [0.3, 0.4) is 0 Å². The summed E-state index contributed by atoms with van der Waals surface area (Å²) in [6.07, 6.45) is 5.70. The molecule has 8 heteroatoms. The molecular weight excluding hydrogens is 491 g/mol. The highest BCUT2D eigenvalue weighted by Crippen LogP contribution is 2.31. The Morgan fingerprint density at radius 3 is 2.59 bits per heavy atom. The topological polar surface area (TPSA) is 88.1 Å². The van der Waals surface area contributed by atoms with E-state index in [9.17, 15) is 9.65 Å². The molecule has 2 aliphatic carbocycles. The quantitative estimate of drug-likeness (QED) is 0.283. The highest BCUT2D eigenvalue weighted by Gasteiger charge is 2.22. The number of methoxy groups -OCH3 is 1. The number of nitrogens with one attached hydrogen (secondary N) is 1. The number of hydrogen-bond acceptors (Lipinski definition) is 6. The van der Waals surface area contributed by atoms with Gasteiger partial charge in [0.2, 0.25) is 0 Å². The van der Waals surface area contributed by atoms with E-state index in [0.29, 0.717) is 11.4 Å². The number of fused-ring (bicyclic) bond motifs is 2. The zero-order valence-electron chi connectivity index (χ0n) is 21.5. The van der Waals surface area contributed by atoms with Crippen LogP contribution in [0, 0.1) is 17.1 Å². The fourth-order valence-electron chi connectivity index (χ4n) is 5.25. The first-order valence-electron chi connectivity index (χ1n) is 13.0. The monoisotopic (exact) mass is 518 g/mol. The van der Waals surface area contributed by atoms with Crippen molar-refractivity contribution in [2.24, 2.45) is 4.99 Å². The summed E-state index contributed by atoms with van der Waals surface area (Å²) in [5.41, 5.74) is 5.27. The second-order valence-corrected chi connectivity index (χ2v) is 9.70. The molecule has 0 radical (unpaired) electrons. The van der Waals surface area contributed by atoms with Crippen LogP contribution < -0.4 is 10.7 Å². The number of benzene rings is 3. The highest BCUT2D eigenvalue weighted by molar-refractivity contribution is 5.84. The zero-order valence-corrected chi connectivity index (χ0v) is 21.5. The van der Waals surface area contributed by atoms with Gasteiger partial charge < -0.3 is 14.6 Å². The molecule has 1 aromatic heterocycles. The van der Waals surface area contributed by atoms with Gasteiger partial charge in [0.05, 0.1) is 51.2 Å². The summed E-state index contributed by atoms with van der Waals surface area (Å²) in [6.45, 7) is 0. The molecule has 0 bridgehead atoms. The fraction of sp³-hybridized carbons (Fsp3) is 0.226. The van der Waals surface area contributed by atoms with Gasteiger partial charge in [-0.25, -0.2) is 14.4 Å². The maximum absolute atomic E-state index is 13.8. The van der Waals surface area contributed by atoms with Crippen LogP contribution in [0.2, 0.25) is 0 Å². The summed E-state index contributed by atoms with van der Waals surface area (Å²) in [7, 11) is 1.76. The minimum atomic E-state index is -0.292. The van der Waals surface area contributed by atoms with E-state index in [1.165, 1.54) is 12.1 Å². The molecule has 0 unspecified atom stereocenters. The first-order valence-corrected chi connectivity index (χ1v) is 13.0. The van der Waals surface area contributed by atoms with E-state index >= 15 is 0 Å². The number of para-hydroxylation sites is 2. The van der Waals surface area contributed by atoms with Crippen molar-refractivity contribution in [2.75, 3.05) is 12.4 Å². The molecule has 194 valence electrons. The number of ether oxygens (including phenoxy) is 1. The van der Waals surface area contributed by atoms with E-state index < -0.39 is 0 Å². The normalized spacial score (nSPS) is 17.8. The lowest BCUT2D eigenvalue weighted by atomic mass is 9.93. The lowest BCUT2D eigenvalue weighted by molar-refractivity contribution is 0.0663. The maximum Gasteiger partial charge on any atom is 0.148 e. The van der Waals surface area contributed by atoms with Gasteiger partial charge in [-0.2, -0.15) is 5.26 Å². The van der Waals surface area contributed by atoms with Crippen LogP contribution in [-0.2, 0) is 4.74 Å². The van der Waals surface area contributed by atoms with E-state index in [4.69, 9.17) is 14.7 Å². The van der Waals surface area contributed by atoms with Crippen molar-refractivity contribution in [1.29, 1.82) is 5.26 Å². The Hall–Kier alpha value is -4.61. The predicted octanol–water partition coefficient (Wildman–Crippen LogP) is 6.14. The summed E-state index contributed by atoms with van der Waals surface area (Å²) in [4.78, 5) is 14.5. The van der Waals surface area contributed by atoms with Crippen LogP contribution in [0.1, 0.15) is 31.2 Å². The molecule has 7 nitrogen and oxygen atoms in total. The Bertz CT molecular complexity index is 1710. The van der Waals surface area contributed by atoms with E-state index in [1.807, 2.05) is 36.4 Å². The molecule has 1 N–H and O–H groups in total. The largest absolute Gasteiger partial charge is 0.381 e. The molecular formula is C31H27FN6O. The van der Waals surface area contributed by atoms with Crippen LogP contribution in [-0.4, -0.2) is 33.8 Å². The number of halogens is 1. The van der Waals surface area contributed by atoms with Crippen LogP contribution in [0.5, 0.6) is 0 Å². The van der Waals surface area contributed by atoms with E-state index in [-0.39, 0.29) is 18.0 Å². The van der Waals surface area contributed by atoms with E-state index in [2.05, 4.69) is 20.9 Å². The number of anilines is 2. The van der Waals surface area contributed by atoms with Gasteiger partial charge in [-0.15, -0.1) is 0 Å². The summed E-state index contributed by atoms with van der Waals surface area (Å²) < 4.78 is 21.5. The number of aromatic nitrogens is 3. The summed E-state index contributed by atoms with van der Waals surface area (Å²) >= 11 is 0. The molecule has 6 rings (SSSR count). The molecule has 1 saturated carbocycles. The average Bonchev–Trinajstić information content (AvgIpc) is 2.97. The highest BCUT2D eigenvalue weighted by atomic mass is 19.1. The van der Waals surface area contributed by atoms with Gasteiger partial charge in [-0.3, -0.25) is 4.99 Å². The molecule has 2 aromatic carbocycles. The van der Waals surface area contributed by atoms with Gasteiger partial charge in [0.25, 0.3) is 0 Å². The third-order valence-corrected chi connectivity index (χ3v) is 7.26. The lowest BCUT2D eigenvalue weighted by Crippen LogP contribution is -2.25. The molecule has 2 heterocycles. The third kappa shape index (κ3) is 4.97. The molecule has 0 saturated heterocycles. The van der Waals surface area contributed by atoms with Crippen molar-refractivity contribution < 1.29 is 9.13 Å². The van der Waals surface area contributed by atoms with Crippen molar-refractivity contribution in [3.8, 4) is 23.1 Å².